The van der Waals surface area contributed by atoms with Gasteiger partial charge >= 0.3 is 0 Å². The Balaban J connectivity index is 1.43. The van der Waals surface area contributed by atoms with Crippen LogP contribution in [-0.2, 0) is 13.6 Å². The highest BCUT2D eigenvalue weighted by atomic mass is 32.1. The maximum atomic E-state index is 12.9. The van der Waals surface area contributed by atoms with Gasteiger partial charge in [-0.1, -0.05) is 12.1 Å². The van der Waals surface area contributed by atoms with Gasteiger partial charge in [-0.3, -0.25) is 4.79 Å². The molecule has 142 valence electrons. The highest BCUT2D eigenvalue weighted by Gasteiger charge is 2.28. The molecular formula is C21H21N5OS. The Labute approximate surface area is 166 Å². The summed E-state index contributed by atoms with van der Waals surface area (Å²) in [5.41, 5.74) is 3.92. The van der Waals surface area contributed by atoms with E-state index in [-0.39, 0.29) is 5.91 Å². The molecule has 0 radical (unpaired) electrons. The molecule has 3 heterocycles. The first-order chi connectivity index (χ1) is 13.5. The van der Waals surface area contributed by atoms with E-state index in [1.54, 1.807) is 0 Å². The molecule has 0 atom stereocenters. The predicted octanol–water partition coefficient (Wildman–Crippen LogP) is 4.00. The standard InChI is InChI=1S/C21H21N5OS/c1-11-17-12(2)23-19(13-8-9-13)25-21(17)28-18(11)20(27)22-10-16-24-14-6-4-5-7-15(14)26(16)3/h4-7,13H,8-10H2,1-3H3,(H,22,27). The number of hydrogen-bond acceptors (Lipinski definition) is 5. The Morgan fingerprint density at radius 3 is 2.75 bits per heavy atom. The van der Waals surface area contributed by atoms with Gasteiger partial charge in [0.05, 0.1) is 28.1 Å². The summed E-state index contributed by atoms with van der Waals surface area (Å²) < 4.78 is 2.02. The first-order valence-corrected chi connectivity index (χ1v) is 10.3. The fourth-order valence-corrected chi connectivity index (χ4v) is 4.85. The second-order valence-electron chi connectivity index (χ2n) is 7.44. The Morgan fingerprint density at radius 1 is 1.21 bits per heavy atom. The molecule has 0 unspecified atom stereocenters. The number of rotatable bonds is 4. The molecule has 1 amide bonds. The molecule has 3 aromatic heterocycles. The molecule has 6 nitrogen and oxygen atoms in total. The normalized spacial score (nSPS) is 14.1. The van der Waals surface area contributed by atoms with Crippen LogP contribution in [0.15, 0.2) is 24.3 Å². The van der Waals surface area contributed by atoms with Crippen molar-refractivity contribution in [2.75, 3.05) is 0 Å². The molecule has 28 heavy (non-hydrogen) atoms. The lowest BCUT2D eigenvalue weighted by atomic mass is 10.1. The van der Waals surface area contributed by atoms with Crippen LogP contribution in [-0.4, -0.2) is 25.4 Å². The molecule has 1 saturated carbocycles. The lowest BCUT2D eigenvalue weighted by molar-refractivity contribution is 0.0953. The fourth-order valence-electron chi connectivity index (χ4n) is 3.69. The number of aryl methyl sites for hydroxylation is 3. The first-order valence-electron chi connectivity index (χ1n) is 9.49. The number of aromatic nitrogens is 4. The second-order valence-corrected chi connectivity index (χ2v) is 8.44. The summed E-state index contributed by atoms with van der Waals surface area (Å²) in [5, 5.41) is 4.04. The van der Waals surface area contributed by atoms with E-state index >= 15 is 0 Å². The molecule has 1 N–H and O–H groups in total. The third kappa shape index (κ3) is 2.77. The number of carbonyl (C=O) groups is 1. The number of benzene rings is 1. The average Bonchev–Trinajstić information content (AvgIpc) is 3.42. The predicted molar refractivity (Wildman–Crippen MR) is 111 cm³/mol. The number of hydrogen-bond donors (Lipinski definition) is 1. The molecule has 1 aliphatic rings. The number of nitrogens with one attached hydrogen (secondary N) is 1. The number of nitrogens with zero attached hydrogens (tertiary/aromatic N) is 4. The summed E-state index contributed by atoms with van der Waals surface area (Å²) in [4.78, 5) is 28.6. The second kappa shape index (κ2) is 6.38. The number of fused-ring (bicyclic) bond motifs is 2. The van der Waals surface area contributed by atoms with Crippen molar-refractivity contribution in [2.45, 2.75) is 39.2 Å². The zero-order valence-corrected chi connectivity index (χ0v) is 16.9. The van der Waals surface area contributed by atoms with Gasteiger partial charge in [0.15, 0.2) is 0 Å². The van der Waals surface area contributed by atoms with E-state index in [0.717, 1.165) is 44.2 Å². The molecule has 0 aliphatic heterocycles. The van der Waals surface area contributed by atoms with Crippen molar-refractivity contribution < 1.29 is 4.79 Å². The highest BCUT2D eigenvalue weighted by Crippen LogP contribution is 2.40. The largest absolute Gasteiger partial charge is 0.344 e. The van der Waals surface area contributed by atoms with Crippen LogP contribution in [0.4, 0.5) is 0 Å². The van der Waals surface area contributed by atoms with Gasteiger partial charge in [-0.2, -0.15) is 0 Å². The van der Waals surface area contributed by atoms with Crippen LogP contribution in [0.2, 0.25) is 0 Å². The van der Waals surface area contributed by atoms with Gasteiger partial charge in [0.2, 0.25) is 0 Å². The van der Waals surface area contributed by atoms with Gasteiger partial charge in [-0.25, -0.2) is 15.0 Å². The quantitative estimate of drug-likeness (QED) is 0.571. The molecule has 0 bridgehead atoms. The highest BCUT2D eigenvalue weighted by molar-refractivity contribution is 7.20. The van der Waals surface area contributed by atoms with Crippen LogP contribution in [0.25, 0.3) is 21.3 Å². The molecule has 7 heteroatoms. The number of imidazole rings is 1. The van der Waals surface area contributed by atoms with Crippen LogP contribution < -0.4 is 5.32 Å². The van der Waals surface area contributed by atoms with Crippen molar-refractivity contribution in [1.29, 1.82) is 0 Å². The zero-order valence-electron chi connectivity index (χ0n) is 16.1. The molecular weight excluding hydrogens is 370 g/mol. The van der Waals surface area contributed by atoms with E-state index in [9.17, 15) is 4.79 Å². The van der Waals surface area contributed by atoms with Gasteiger partial charge < -0.3 is 9.88 Å². The lowest BCUT2D eigenvalue weighted by Crippen LogP contribution is -2.24. The third-order valence-electron chi connectivity index (χ3n) is 5.42. The van der Waals surface area contributed by atoms with Crippen molar-refractivity contribution in [3.05, 3.63) is 52.0 Å². The molecule has 5 rings (SSSR count). The molecule has 0 saturated heterocycles. The van der Waals surface area contributed by atoms with Crippen LogP contribution in [0.5, 0.6) is 0 Å². The maximum Gasteiger partial charge on any atom is 0.262 e. The Kier molecular flexibility index (Phi) is 3.94. The van der Waals surface area contributed by atoms with E-state index in [4.69, 9.17) is 4.98 Å². The molecule has 4 aromatic rings. The molecule has 1 aromatic carbocycles. The topological polar surface area (TPSA) is 72.7 Å². The Hall–Kier alpha value is -2.80. The third-order valence-corrected chi connectivity index (χ3v) is 6.61. The van der Waals surface area contributed by atoms with E-state index in [1.165, 1.54) is 24.2 Å². The first kappa shape index (κ1) is 17.3. The summed E-state index contributed by atoms with van der Waals surface area (Å²) in [6.45, 7) is 4.38. The van der Waals surface area contributed by atoms with Crippen molar-refractivity contribution in [2.24, 2.45) is 7.05 Å². The molecule has 1 aliphatic carbocycles. The smallest absolute Gasteiger partial charge is 0.262 e. The summed E-state index contributed by atoms with van der Waals surface area (Å²) in [6.07, 6.45) is 2.33. The Bertz CT molecular complexity index is 1230. The lowest BCUT2D eigenvalue weighted by Gasteiger charge is -2.05. The zero-order chi connectivity index (χ0) is 19.4. The van der Waals surface area contributed by atoms with Gasteiger partial charge in [-0.05, 0) is 44.4 Å². The van der Waals surface area contributed by atoms with Gasteiger partial charge in [0.1, 0.15) is 16.5 Å². The fraction of sp³-hybridized carbons (Fsp3) is 0.333. The maximum absolute atomic E-state index is 12.9. The molecule has 0 spiro atoms. The van der Waals surface area contributed by atoms with Gasteiger partial charge in [0, 0.05) is 18.4 Å². The van der Waals surface area contributed by atoms with Crippen molar-refractivity contribution in [3.8, 4) is 0 Å². The van der Waals surface area contributed by atoms with Crippen LogP contribution in [0.1, 0.15) is 51.3 Å². The van der Waals surface area contributed by atoms with Crippen LogP contribution in [0.3, 0.4) is 0 Å². The SMILES string of the molecule is Cc1nc(C2CC2)nc2sc(C(=O)NCc3nc4ccccc4n3C)c(C)c12. The number of thiophene rings is 1. The number of amides is 1. The minimum atomic E-state index is -0.0834. The van der Waals surface area contributed by atoms with Crippen molar-refractivity contribution >= 4 is 38.5 Å². The molecule has 1 fully saturated rings. The van der Waals surface area contributed by atoms with Crippen molar-refractivity contribution in [3.63, 3.8) is 0 Å². The van der Waals surface area contributed by atoms with E-state index in [0.29, 0.717) is 17.3 Å². The number of carbonyl (C=O) groups excluding carboxylic acids is 1. The van der Waals surface area contributed by atoms with E-state index in [1.807, 2.05) is 49.7 Å². The summed E-state index contributed by atoms with van der Waals surface area (Å²) >= 11 is 1.46. The van der Waals surface area contributed by atoms with Gasteiger partial charge in [-0.15, -0.1) is 11.3 Å². The van der Waals surface area contributed by atoms with Crippen LogP contribution in [0, 0.1) is 13.8 Å². The number of para-hydroxylation sites is 2. The van der Waals surface area contributed by atoms with E-state index < -0.39 is 0 Å². The van der Waals surface area contributed by atoms with Crippen LogP contribution >= 0.6 is 11.3 Å². The summed E-state index contributed by atoms with van der Waals surface area (Å²) in [7, 11) is 1.97. The minimum absolute atomic E-state index is 0.0834. The monoisotopic (exact) mass is 391 g/mol. The van der Waals surface area contributed by atoms with E-state index in [2.05, 4.69) is 15.3 Å². The summed E-state index contributed by atoms with van der Waals surface area (Å²) in [5.74, 6) is 2.18. The van der Waals surface area contributed by atoms with Gasteiger partial charge in [0.25, 0.3) is 5.91 Å². The summed E-state index contributed by atoms with van der Waals surface area (Å²) in [6, 6.07) is 7.97. The Morgan fingerprint density at radius 2 is 2.00 bits per heavy atom. The minimum Gasteiger partial charge on any atom is -0.344 e. The van der Waals surface area contributed by atoms with Crippen molar-refractivity contribution in [1.82, 2.24) is 24.8 Å². The average molecular weight is 392 g/mol.